The van der Waals surface area contributed by atoms with Crippen molar-refractivity contribution in [3.05, 3.63) is 65.2 Å². The lowest BCUT2D eigenvalue weighted by atomic mass is 10.1. The number of rotatable bonds is 8. The summed E-state index contributed by atoms with van der Waals surface area (Å²) in [5.74, 6) is -0.423. The number of nitrogens with zero attached hydrogens (tertiary/aromatic N) is 2. The maximum atomic E-state index is 13.0. The second-order valence-electron chi connectivity index (χ2n) is 8.35. The van der Waals surface area contributed by atoms with Crippen LogP contribution in [-0.4, -0.2) is 54.0 Å². The quantitative estimate of drug-likeness (QED) is 0.372. The highest BCUT2D eigenvalue weighted by atomic mass is 32.2. The molecule has 0 aliphatic carbocycles. The van der Waals surface area contributed by atoms with Gasteiger partial charge in [-0.3, -0.25) is 0 Å². The van der Waals surface area contributed by atoms with Crippen molar-refractivity contribution in [3.8, 4) is 0 Å². The Morgan fingerprint density at radius 1 is 1.14 bits per heavy atom. The third-order valence-electron chi connectivity index (χ3n) is 5.73. The molecule has 190 valence electrons. The molecule has 1 aliphatic rings. The molecule has 10 heteroatoms. The van der Waals surface area contributed by atoms with Crippen molar-refractivity contribution in [3.63, 3.8) is 0 Å². The summed E-state index contributed by atoms with van der Waals surface area (Å²) in [7, 11) is 1.32. The number of carbonyl (C=O) groups is 2. The Morgan fingerprint density at radius 2 is 1.83 bits per heavy atom. The molecule has 0 radical (unpaired) electrons. The first-order valence-corrected chi connectivity index (χ1v) is 12.3. The van der Waals surface area contributed by atoms with Crippen molar-refractivity contribution < 1.29 is 27.5 Å². The SMILES string of the molecule is CCCNC(=O)N1CCCC(N(Cc2ccc(C(=O)OC)cc2)Sc2ccc(C(F)(F)F)cc2)C1. The van der Waals surface area contributed by atoms with Crippen molar-refractivity contribution in [2.24, 2.45) is 0 Å². The predicted molar refractivity (Wildman–Crippen MR) is 129 cm³/mol. The Hall–Kier alpha value is -2.72. The number of benzene rings is 2. The van der Waals surface area contributed by atoms with E-state index < -0.39 is 17.7 Å². The number of amides is 2. The van der Waals surface area contributed by atoms with Crippen molar-refractivity contribution in [1.29, 1.82) is 0 Å². The van der Waals surface area contributed by atoms with Gasteiger partial charge < -0.3 is 15.0 Å². The molecule has 2 aromatic rings. The molecule has 1 fully saturated rings. The molecule has 2 aromatic carbocycles. The fourth-order valence-electron chi connectivity index (χ4n) is 3.84. The van der Waals surface area contributed by atoms with Gasteiger partial charge in [0, 0.05) is 37.1 Å². The maximum Gasteiger partial charge on any atom is 0.416 e. The van der Waals surface area contributed by atoms with Crippen LogP contribution in [0, 0.1) is 0 Å². The highest BCUT2D eigenvalue weighted by molar-refractivity contribution is 7.97. The van der Waals surface area contributed by atoms with E-state index in [9.17, 15) is 22.8 Å². The van der Waals surface area contributed by atoms with Gasteiger partial charge in [0.25, 0.3) is 0 Å². The van der Waals surface area contributed by atoms with Crippen LogP contribution in [0.2, 0.25) is 0 Å². The van der Waals surface area contributed by atoms with Crippen LogP contribution in [0.3, 0.4) is 0 Å². The average molecular weight is 510 g/mol. The van der Waals surface area contributed by atoms with E-state index in [2.05, 4.69) is 9.62 Å². The predicted octanol–water partition coefficient (Wildman–Crippen LogP) is 5.59. The second-order valence-corrected chi connectivity index (χ2v) is 9.47. The topological polar surface area (TPSA) is 61.9 Å². The number of nitrogens with one attached hydrogen (secondary N) is 1. The zero-order valence-corrected chi connectivity index (χ0v) is 20.6. The summed E-state index contributed by atoms with van der Waals surface area (Å²) in [6.45, 7) is 4.27. The highest BCUT2D eigenvalue weighted by Gasteiger charge is 2.31. The van der Waals surface area contributed by atoms with E-state index in [4.69, 9.17) is 4.74 Å². The number of piperidine rings is 1. The summed E-state index contributed by atoms with van der Waals surface area (Å²) in [5, 5.41) is 2.91. The van der Waals surface area contributed by atoms with Gasteiger partial charge in [-0.25, -0.2) is 13.9 Å². The minimum atomic E-state index is -4.39. The first kappa shape index (κ1) is 26.9. The van der Waals surface area contributed by atoms with Gasteiger partial charge in [-0.1, -0.05) is 19.1 Å². The van der Waals surface area contributed by atoms with E-state index in [0.29, 0.717) is 36.6 Å². The molecule has 0 aromatic heterocycles. The number of halogens is 3. The number of methoxy groups -OCH3 is 1. The Labute approximate surface area is 207 Å². The zero-order chi connectivity index (χ0) is 25.4. The Bertz CT molecular complexity index is 984. The van der Waals surface area contributed by atoms with Gasteiger partial charge in [0.2, 0.25) is 0 Å². The van der Waals surface area contributed by atoms with E-state index in [0.717, 1.165) is 37.0 Å². The van der Waals surface area contributed by atoms with Gasteiger partial charge in [0.05, 0.1) is 18.2 Å². The summed E-state index contributed by atoms with van der Waals surface area (Å²) >= 11 is 1.37. The smallest absolute Gasteiger partial charge is 0.416 e. The summed E-state index contributed by atoms with van der Waals surface area (Å²) in [4.78, 5) is 26.8. The average Bonchev–Trinajstić information content (AvgIpc) is 2.86. The Kier molecular flexibility index (Phi) is 9.45. The van der Waals surface area contributed by atoms with Crippen molar-refractivity contribution in [2.75, 3.05) is 26.7 Å². The lowest BCUT2D eigenvalue weighted by molar-refractivity contribution is -0.137. The molecule has 6 nitrogen and oxygen atoms in total. The van der Waals surface area contributed by atoms with Crippen LogP contribution in [-0.2, 0) is 17.5 Å². The van der Waals surface area contributed by atoms with E-state index in [1.807, 2.05) is 19.1 Å². The fraction of sp³-hybridized carbons (Fsp3) is 0.440. The van der Waals surface area contributed by atoms with Gasteiger partial charge in [-0.2, -0.15) is 13.2 Å². The molecule has 2 amide bonds. The van der Waals surface area contributed by atoms with E-state index in [1.54, 1.807) is 17.0 Å². The second kappa shape index (κ2) is 12.3. The van der Waals surface area contributed by atoms with Gasteiger partial charge in [-0.05, 0) is 73.2 Å². The number of esters is 1. The van der Waals surface area contributed by atoms with E-state index in [-0.39, 0.29) is 12.1 Å². The van der Waals surface area contributed by atoms with Crippen LogP contribution in [0.15, 0.2) is 53.4 Å². The molecule has 3 rings (SSSR count). The summed E-state index contributed by atoms with van der Waals surface area (Å²) in [6.07, 6.45) is -1.86. The lowest BCUT2D eigenvalue weighted by Crippen LogP contribution is -2.50. The van der Waals surface area contributed by atoms with E-state index in [1.165, 1.54) is 31.2 Å². The molecule has 35 heavy (non-hydrogen) atoms. The molecule has 1 aliphatic heterocycles. The molecule has 0 saturated carbocycles. The van der Waals surface area contributed by atoms with Crippen molar-refractivity contribution in [1.82, 2.24) is 14.5 Å². The van der Waals surface area contributed by atoms with Crippen molar-refractivity contribution >= 4 is 23.9 Å². The number of ether oxygens (including phenoxy) is 1. The van der Waals surface area contributed by atoms with Crippen molar-refractivity contribution in [2.45, 2.75) is 49.8 Å². The summed E-state index contributed by atoms with van der Waals surface area (Å²) in [5.41, 5.74) is 0.683. The molecule has 1 atom stereocenters. The standard InChI is InChI=1S/C25H30F3N3O3S/c1-3-14-29-24(33)30-15-4-5-21(17-30)31(16-18-6-8-19(9-7-18)23(32)34-2)35-22-12-10-20(11-13-22)25(26,27)28/h6-13,21H,3-5,14-17H2,1-2H3,(H,29,33). The largest absolute Gasteiger partial charge is 0.465 e. The lowest BCUT2D eigenvalue weighted by Gasteiger charge is -2.38. The number of carbonyl (C=O) groups excluding carboxylic acids is 2. The Balaban J connectivity index is 1.79. The van der Waals surface area contributed by atoms with Crippen LogP contribution < -0.4 is 5.32 Å². The molecule has 0 bridgehead atoms. The molecule has 1 unspecified atom stereocenters. The number of hydrogen-bond donors (Lipinski definition) is 1. The number of hydrogen-bond acceptors (Lipinski definition) is 5. The molecule has 1 saturated heterocycles. The van der Waals surface area contributed by atoms with Crippen LogP contribution in [0.5, 0.6) is 0 Å². The molecular weight excluding hydrogens is 479 g/mol. The van der Waals surface area contributed by atoms with Crippen LogP contribution >= 0.6 is 11.9 Å². The molecule has 1 N–H and O–H groups in total. The summed E-state index contributed by atoms with van der Waals surface area (Å²) in [6, 6.07) is 12.0. The third kappa shape index (κ3) is 7.63. The highest BCUT2D eigenvalue weighted by Crippen LogP contribution is 2.34. The number of urea groups is 1. The monoisotopic (exact) mass is 509 g/mol. The minimum absolute atomic E-state index is 0.00343. The van der Waals surface area contributed by atoms with Gasteiger partial charge in [-0.15, -0.1) is 0 Å². The van der Waals surface area contributed by atoms with Gasteiger partial charge >= 0.3 is 18.2 Å². The minimum Gasteiger partial charge on any atom is -0.465 e. The van der Waals surface area contributed by atoms with Crippen LogP contribution in [0.25, 0.3) is 0 Å². The third-order valence-corrected chi connectivity index (χ3v) is 6.88. The first-order valence-electron chi connectivity index (χ1n) is 11.5. The zero-order valence-electron chi connectivity index (χ0n) is 19.8. The number of likely N-dealkylation sites (tertiary alicyclic amines) is 1. The molecule has 1 heterocycles. The Morgan fingerprint density at radius 3 is 2.43 bits per heavy atom. The molecule has 0 spiro atoms. The normalized spacial score (nSPS) is 16.3. The van der Waals surface area contributed by atoms with Gasteiger partial charge in [0.15, 0.2) is 0 Å². The first-order chi connectivity index (χ1) is 16.7. The van der Waals surface area contributed by atoms with E-state index >= 15 is 0 Å². The van der Waals surface area contributed by atoms with Crippen LogP contribution in [0.4, 0.5) is 18.0 Å². The maximum absolute atomic E-state index is 13.0. The fourth-order valence-corrected chi connectivity index (χ4v) is 4.90. The van der Waals surface area contributed by atoms with Crippen LogP contribution in [0.1, 0.15) is 47.7 Å². The van der Waals surface area contributed by atoms with Gasteiger partial charge in [0.1, 0.15) is 0 Å². The molecular formula is C25H30F3N3O3S. The number of alkyl halides is 3. The summed E-state index contributed by atoms with van der Waals surface area (Å²) < 4.78 is 45.8.